The third-order valence-corrected chi connectivity index (χ3v) is 3.82. The van der Waals surface area contributed by atoms with E-state index in [1.54, 1.807) is 0 Å². The minimum absolute atomic E-state index is 0.0298. The molecule has 1 atom stereocenters. The number of piperidine rings is 1. The lowest BCUT2D eigenvalue weighted by Crippen LogP contribution is -2.54. The van der Waals surface area contributed by atoms with E-state index in [1.165, 1.54) is 18.2 Å². The molecule has 0 aromatic heterocycles. The van der Waals surface area contributed by atoms with E-state index in [0.717, 1.165) is 25.8 Å². The summed E-state index contributed by atoms with van der Waals surface area (Å²) >= 11 is 5.87. The zero-order valence-corrected chi connectivity index (χ0v) is 12.0. The van der Waals surface area contributed by atoms with Crippen LogP contribution in [0.4, 0.5) is 5.69 Å². The SMILES string of the molecule is CC1(C(=O)Nc2cc(Cl)ccc2C(=O)O)CCCCN1. The predicted molar refractivity (Wildman–Crippen MR) is 77.3 cm³/mol. The highest BCUT2D eigenvalue weighted by Gasteiger charge is 2.34. The summed E-state index contributed by atoms with van der Waals surface area (Å²) in [5.74, 6) is -1.33. The Morgan fingerprint density at radius 1 is 1.40 bits per heavy atom. The molecule has 1 unspecified atom stereocenters. The lowest BCUT2D eigenvalue weighted by molar-refractivity contribution is -0.122. The van der Waals surface area contributed by atoms with Gasteiger partial charge in [-0.25, -0.2) is 4.79 Å². The smallest absolute Gasteiger partial charge is 0.337 e. The quantitative estimate of drug-likeness (QED) is 0.801. The molecule has 1 aliphatic heterocycles. The summed E-state index contributed by atoms with van der Waals surface area (Å²) in [6.07, 6.45) is 2.74. The summed E-state index contributed by atoms with van der Waals surface area (Å²) in [6, 6.07) is 4.33. The number of aromatic carboxylic acids is 1. The maximum absolute atomic E-state index is 12.4. The van der Waals surface area contributed by atoms with Crippen molar-refractivity contribution >= 4 is 29.2 Å². The number of carboxylic acids is 1. The van der Waals surface area contributed by atoms with E-state index in [4.69, 9.17) is 16.7 Å². The van der Waals surface area contributed by atoms with Gasteiger partial charge in [-0.05, 0) is 50.9 Å². The van der Waals surface area contributed by atoms with Gasteiger partial charge in [-0.3, -0.25) is 4.79 Å². The van der Waals surface area contributed by atoms with E-state index >= 15 is 0 Å². The maximum atomic E-state index is 12.4. The number of amides is 1. The first-order valence-corrected chi connectivity index (χ1v) is 6.89. The number of halogens is 1. The highest BCUT2D eigenvalue weighted by molar-refractivity contribution is 6.31. The van der Waals surface area contributed by atoms with Gasteiger partial charge in [0.1, 0.15) is 0 Å². The van der Waals surface area contributed by atoms with Crippen LogP contribution >= 0.6 is 11.6 Å². The average Bonchev–Trinajstić information content (AvgIpc) is 2.39. The number of carbonyl (C=O) groups is 2. The van der Waals surface area contributed by atoms with Crippen molar-refractivity contribution in [3.05, 3.63) is 28.8 Å². The van der Waals surface area contributed by atoms with Gasteiger partial charge in [0.15, 0.2) is 0 Å². The Hall–Kier alpha value is -1.59. The molecule has 0 aliphatic carbocycles. The van der Waals surface area contributed by atoms with Gasteiger partial charge in [0.25, 0.3) is 0 Å². The summed E-state index contributed by atoms with van der Waals surface area (Å²) in [5, 5.41) is 15.4. The van der Waals surface area contributed by atoms with Gasteiger partial charge in [0.2, 0.25) is 5.91 Å². The molecule has 0 saturated carbocycles. The number of carbonyl (C=O) groups excluding carboxylic acids is 1. The van der Waals surface area contributed by atoms with Crippen molar-refractivity contribution < 1.29 is 14.7 Å². The van der Waals surface area contributed by atoms with Crippen LogP contribution in [0.1, 0.15) is 36.5 Å². The first-order valence-electron chi connectivity index (χ1n) is 6.52. The van der Waals surface area contributed by atoms with Crippen molar-refractivity contribution in [2.24, 2.45) is 0 Å². The van der Waals surface area contributed by atoms with Crippen molar-refractivity contribution in [2.75, 3.05) is 11.9 Å². The third-order valence-electron chi connectivity index (χ3n) is 3.58. The first kappa shape index (κ1) is 14.8. The van der Waals surface area contributed by atoms with Crippen LogP contribution in [-0.4, -0.2) is 29.1 Å². The number of benzene rings is 1. The predicted octanol–water partition coefficient (Wildman–Crippen LogP) is 2.51. The topological polar surface area (TPSA) is 78.4 Å². The van der Waals surface area contributed by atoms with Crippen LogP contribution in [-0.2, 0) is 4.79 Å². The van der Waals surface area contributed by atoms with Crippen LogP contribution in [0.2, 0.25) is 5.02 Å². The summed E-state index contributed by atoms with van der Waals surface area (Å²) in [6.45, 7) is 2.61. The van der Waals surface area contributed by atoms with Crippen molar-refractivity contribution in [3.63, 3.8) is 0 Å². The Morgan fingerprint density at radius 3 is 2.75 bits per heavy atom. The standard InChI is InChI=1S/C14H17ClN2O3/c1-14(6-2-3-7-16-14)13(20)17-11-8-9(15)4-5-10(11)12(18)19/h4-5,8,16H,2-3,6-7H2,1H3,(H,17,20)(H,18,19). The van der Waals surface area contributed by atoms with Crippen LogP contribution < -0.4 is 10.6 Å². The fourth-order valence-electron chi connectivity index (χ4n) is 2.32. The molecule has 3 N–H and O–H groups in total. The average molecular weight is 297 g/mol. The zero-order valence-electron chi connectivity index (χ0n) is 11.2. The molecule has 5 nitrogen and oxygen atoms in total. The van der Waals surface area contributed by atoms with E-state index in [0.29, 0.717) is 5.02 Å². The highest BCUT2D eigenvalue weighted by atomic mass is 35.5. The fraction of sp³-hybridized carbons (Fsp3) is 0.429. The van der Waals surface area contributed by atoms with Crippen LogP contribution in [0.15, 0.2) is 18.2 Å². The minimum Gasteiger partial charge on any atom is -0.478 e. The first-order chi connectivity index (χ1) is 9.42. The molecule has 1 aromatic rings. The molecular weight excluding hydrogens is 280 g/mol. The Kier molecular flexibility index (Phi) is 4.30. The Balaban J connectivity index is 2.23. The molecule has 1 saturated heterocycles. The van der Waals surface area contributed by atoms with Gasteiger partial charge in [0, 0.05) is 5.02 Å². The number of anilines is 1. The summed E-state index contributed by atoms with van der Waals surface area (Å²) in [4.78, 5) is 23.5. The fourth-order valence-corrected chi connectivity index (χ4v) is 2.49. The zero-order chi connectivity index (χ0) is 14.8. The van der Waals surface area contributed by atoms with Crippen molar-refractivity contribution in [2.45, 2.75) is 31.7 Å². The van der Waals surface area contributed by atoms with E-state index < -0.39 is 11.5 Å². The molecule has 0 spiro atoms. The van der Waals surface area contributed by atoms with Crippen LogP contribution in [0.25, 0.3) is 0 Å². The summed E-state index contributed by atoms with van der Waals surface area (Å²) < 4.78 is 0. The van der Waals surface area contributed by atoms with E-state index in [2.05, 4.69) is 10.6 Å². The summed E-state index contributed by atoms with van der Waals surface area (Å²) in [5.41, 5.74) is -0.415. The normalized spacial score (nSPS) is 22.3. The molecule has 1 heterocycles. The molecule has 1 aliphatic rings. The monoisotopic (exact) mass is 296 g/mol. The molecule has 6 heteroatoms. The van der Waals surface area contributed by atoms with Gasteiger partial charge >= 0.3 is 5.97 Å². The van der Waals surface area contributed by atoms with Crippen LogP contribution in [0, 0.1) is 0 Å². The Bertz CT molecular complexity index is 539. The van der Waals surface area contributed by atoms with E-state index in [1.807, 2.05) is 6.92 Å². The molecular formula is C14H17ClN2O3. The second-order valence-electron chi connectivity index (χ2n) is 5.17. The lowest BCUT2D eigenvalue weighted by atomic mass is 9.90. The van der Waals surface area contributed by atoms with Crippen molar-refractivity contribution in [1.29, 1.82) is 0 Å². The Morgan fingerprint density at radius 2 is 2.15 bits per heavy atom. The van der Waals surface area contributed by atoms with Gasteiger partial charge in [-0.1, -0.05) is 11.6 Å². The van der Waals surface area contributed by atoms with Gasteiger partial charge < -0.3 is 15.7 Å². The number of nitrogens with one attached hydrogen (secondary N) is 2. The van der Waals surface area contributed by atoms with Gasteiger partial charge in [-0.2, -0.15) is 0 Å². The van der Waals surface area contributed by atoms with Gasteiger partial charge in [0.05, 0.1) is 16.8 Å². The Labute approximate surface area is 122 Å². The molecule has 0 radical (unpaired) electrons. The molecule has 0 bridgehead atoms. The number of hydrogen-bond acceptors (Lipinski definition) is 3. The highest BCUT2D eigenvalue weighted by Crippen LogP contribution is 2.25. The van der Waals surface area contributed by atoms with E-state index in [9.17, 15) is 9.59 Å². The van der Waals surface area contributed by atoms with Crippen LogP contribution in [0.5, 0.6) is 0 Å². The number of carboxylic acid groups (broad SMARTS) is 1. The van der Waals surface area contributed by atoms with Gasteiger partial charge in [-0.15, -0.1) is 0 Å². The second kappa shape index (κ2) is 5.81. The maximum Gasteiger partial charge on any atom is 0.337 e. The molecule has 108 valence electrons. The minimum atomic E-state index is -1.10. The molecule has 20 heavy (non-hydrogen) atoms. The lowest BCUT2D eigenvalue weighted by Gasteiger charge is -2.33. The third kappa shape index (κ3) is 3.11. The van der Waals surface area contributed by atoms with Crippen molar-refractivity contribution in [1.82, 2.24) is 5.32 Å². The molecule has 1 fully saturated rings. The van der Waals surface area contributed by atoms with E-state index in [-0.39, 0.29) is 17.2 Å². The molecule has 1 aromatic carbocycles. The number of rotatable bonds is 3. The molecule has 2 rings (SSSR count). The molecule has 1 amide bonds. The van der Waals surface area contributed by atoms with Crippen molar-refractivity contribution in [3.8, 4) is 0 Å². The van der Waals surface area contributed by atoms with Crippen LogP contribution in [0.3, 0.4) is 0 Å². The summed E-state index contributed by atoms with van der Waals surface area (Å²) in [7, 11) is 0. The second-order valence-corrected chi connectivity index (χ2v) is 5.60. The number of hydrogen-bond donors (Lipinski definition) is 3. The largest absolute Gasteiger partial charge is 0.478 e.